The van der Waals surface area contributed by atoms with Crippen molar-refractivity contribution in [1.29, 1.82) is 0 Å². The van der Waals surface area contributed by atoms with Gasteiger partial charge in [0.2, 0.25) is 0 Å². The van der Waals surface area contributed by atoms with Crippen LogP contribution in [0.3, 0.4) is 0 Å². The number of aliphatic hydroxyl groups excluding tert-OH is 4. The maximum Gasteiger partial charge on any atom is 0.335 e. The standard InChI is InChI=1S/C27H44O9.Ac/c1-12(2)20(30)24(33)36-16-9-15(28)13(3)22-26(8,17(29)10-18-27(22,34)11-35-18)23(32)21(31)19(14(16)4)25(5,6)7;/h12-13,15-18,20-22,28-31,34H,9-11H2,1-8H3;/b19-14-;/t13-,15?,16?,17?,18?,20?,21?,22?,26-,27?;/m1./s1. The van der Waals surface area contributed by atoms with Gasteiger partial charge in [-0.1, -0.05) is 41.5 Å². The number of hydrogen-bond acceptors (Lipinski definition) is 9. The summed E-state index contributed by atoms with van der Waals surface area (Å²) < 4.78 is 11.2. The minimum atomic E-state index is -1.65. The zero-order valence-electron chi connectivity index (χ0n) is 23.3. The molecular weight excluding hydrogens is 695 g/mol. The van der Waals surface area contributed by atoms with Crippen LogP contribution in [0.1, 0.15) is 68.2 Å². The van der Waals surface area contributed by atoms with E-state index in [0.29, 0.717) is 11.1 Å². The molecular formula is C27H44AcO9. The van der Waals surface area contributed by atoms with E-state index in [1.54, 1.807) is 34.6 Å². The number of rotatable bonds is 3. The summed E-state index contributed by atoms with van der Waals surface area (Å²) in [7, 11) is 0. The first kappa shape index (κ1) is 33.3. The van der Waals surface area contributed by atoms with Gasteiger partial charge >= 0.3 is 5.97 Å². The van der Waals surface area contributed by atoms with Gasteiger partial charge in [0.25, 0.3) is 0 Å². The topological polar surface area (TPSA) is 154 Å². The first-order chi connectivity index (χ1) is 16.4. The second-order valence-electron chi connectivity index (χ2n) is 12.7. The van der Waals surface area contributed by atoms with Gasteiger partial charge in [0.15, 0.2) is 11.9 Å². The van der Waals surface area contributed by atoms with Gasteiger partial charge in [-0.05, 0) is 42.2 Å². The normalized spacial score (nSPS) is 43.6. The fraction of sp³-hybridized carbons (Fsp3) is 0.852. The first-order valence-electron chi connectivity index (χ1n) is 12.9. The smallest absolute Gasteiger partial charge is 0.335 e. The predicted molar refractivity (Wildman–Crippen MR) is 131 cm³/mol. The summed E-state index contributed by atoms with van der Waals surface area (Å²) in [5.41, 5.74) is -3.06. The van der Waals surface area contributed by atoms with Crippen LogP contribution in [0.5, 0.6) is 0 Å². The number of hydrogen-bond donors (Lipinski definition) is 5. The van der Waals surface area contributed by atoms with Crippen molar-refractivity contribution < 1.29 is 88.7 Å². The Morgan fingerprint density at radius 1 is 1.16 bits per heavy atom. The number of esters is 1. The molecule has 3 rings (SSSR count). The molecule has 3 aliphatic rings. The molecule has 9 nitrogen and oxygen atoms in total. The molecule has 1 saturated carbocycles. The van der Waals surface area contributed by atoms with Crippen LogP contribution in [-0.2, 0) is 19.1 Å². The quantitative estimate of drug-likeness (QED) is 0.212. The number of fused-ring (bicyclic) bond motifs is 3. The molecule has 0 aromatic carbocycles. The number of ether oxygens (including phenoxy) is 2. The summed E-state index contributed by atoms with van der Waals surface area (Å²) >= 11 is 0. The van der Waals surface area contributed by atoms with E-state index in [2.05, 4.69) is 0 Å². The molecule has 1 saturated heterocycles. The second kappa shape index (κ2) is 11.5. The zero-order valence-corrected chi connectivity index (χ0v) is 28.0. The van der Waals surface area contributed by atoms with Gasteiger partial charge in [0, 0.05) is 62.8 Å². The molecule has 5 N–H and O–H groups in total. The molecule has 0 aromatic heterocycles. The summed E-state index contributed by atoms with van der Waals surface area (Å²) in [4.78, 5) is 26.8. The Bertz CT molecular complexity index is 912. The molecule has 0 spiro atoms. The molecule has 10 atom stereocenters. The van der Waals surface area contributed by atoms with Gasteiger partial charge in [-0.15, -0.1) is 0 Å². The maximum absolute atomic E-state index is 14.1. The Hall–Kier alpha value is 0.0816. The third-order valence-corrected chi connectivity index (χ3v) is 8.88. The van der Waals surface area contributed by atoms with Gasteiger partial charge in [0.05, 0.1) is 30.3 Å². The van der Waals surface area contributed by atoms with Crippen LogP contribution < -0.4 is 0 Å². The summed E-state index contributed by atoms with van der Waals surface area (Å²) in [6, 6.07) is 0. The Labute approximate surface area is 255 Å². The SMILES string of the molecule is C/C1=C(/C(C)(C)C)C(O)C(=O)[C@]2(C)C(O)CC3OCC3(O)C2[C@H](C)C(O)CC1OC(=O)C(O)C(C)C.[Ac]. The number of ketones is 1. The van der Waals surface area contributed by atoms with E-state index in [1.165, 1.54) is 0 Å². The van der Waals surface area contributed by atoms with E-state index in [-0.39, 0.29) is 63.5 Å². The molecule has 1 aliphatic heterocycles. The third kappa shape index (κ3) is 5.66. The molecule has 0 amide bonds. The van der Waals surface area contributed by atoms with E-state index in [1.807, 2.05) is 20.8 Å². The van der Waals surface area contributed by atoms with Crippen molar-refractivity contribution in [3.05, 3.63) is 11.1 Å². The predicted octanol–water partition coefficient (Wildman–Crippen LogP) is 1.13. The molecule has 1 heterocycles. The van der Waals surface area contributed by atoms with Crippen molar-refractivity contribution in [2.24, 2.45) is 28.6 Å². The molecule has 0 bridgehead atoms. The molecule has 37 heavy (non-hydrogen) atoms. The summed E-state index contributed by atoms with van der Waals surface area (Å²) in [5, 5.41) is 56.0. The van der Waals surface area contributed by atoms with Crippen LogP contribution in [0.2, 0.25) is 0 Å². The molecule has 1 radical (unpaired) electrons. The third-order valence-electron chi connectivity index (χ3n) is 8.88. The fourth-order valence-electron chi connectivity index (χ4n) is 6.69. The fourth-order valence-corrected chi connectivity index (χ4v) is 6.69. The van der Waals surface area contributed by atoms with E-state index >= 15 is 0 Å². The van der Waals surface area contributed by atoms with E-state index in [9.17, 15) is 35.1 Å². The van der Waals surface area contributed by atoms with Crippen molar-refractivity contribution in [2.45, 2.75) is 110 Å². The van der Waals surface area contributed by atoms with Gasteiger partial charge in [-0.3, -0.25) is 4.79 Å². The number of Topliss-reactive ketones (excluding diaryl/α,β-unsaturated/α-hetero) is 1. The average Bonchev–Trinajstić information content (AvgIpc) is 2.77. The molecule has 209 valence electrons. The van der Waals surface area contributed by atoms with Gasteiger partial charge in [-0.2, -0.15) is 0 Å². The van der Waals surface area contributed by atoms with Gasteiger partial charge in [0.1, 0.15) is 17.8 Å². The molecule has 2 aliphatic carbocycles. The number of carbonyl (C=O) groups is 2. The minimum absolute atomic E-state index is 0. The van der Waals surface area contributed by atoms with Crippen LogP contribution >= 0.6 is 0 Å². The number of aliphatic hydroxyl groups is 5. The summed E-state index contributed by atoms with van der Waals surface area (Å²) in [5.74, 6) is -3.56. The Kier molecular flexibility index (Phi) is 10.4. The summed E-state index contributed by atoms with van der Waals surface area (Å²) in [6.07, 6.45) is -7.13. The summed E-state index contributed by atoms with van der Waals surface area (Å²) in [6.45, 7) is 13.6. The Morgan fingerprint density at radius 3 is 2.19 bits per heavy atom. The Balaban J connectivity index is 0.00000481. The van der Waals surface area contributed by atoms with Gasteiger partial charge < -0.3 is 35.0 Å². The van der Waals surface area contributed by atoms with Crippen molar-refractivity contribution in [2.75, 3.05) is 6.61 Å². The van der Waals surface area contributed by atoms with E-state index in [4.69, 9.17) is 9.47 Å². The second-order valence-corrected chi connectivity index (χ2v) is 12.7. The molecule has 10 heteroatoms. The van der Waals surface area contributed by atoms with Crippen molar-refractivity contribution in [1.82, 2.24) is 0 Å². The van der Waals surface area contributed by atoms with E-state index in [0.717, 1.165) is 0 Å². The van der Waals surface area contributed by atoms with Crippen molar-refractivity contribution >= 4 is 11.8 Å². The maximum atomic E-state index is 14.1. The van der Waals surface area contributed by atoms with Crippen LogP contribution in [0, 0.1) is 72.6 Å². The molecule has 0 aromatic rings. The van der Waals surface area contributed by atoms with Crippen LogP contribution in [0.4, 0.5) is 0 Å². The number of carbonyl (C=O) groups excluding carboxylic acids is 2. The van der Waals surface area contributed by atoms with Gasteiger partial charge in [-0.25, -0.2) is 4.79 Å². The minimum Gasteiger partial charge on any atom is -0.456 e. The van der Waals surface area contributed by atoms with Crippen molar-refractivity contribution in [3.8, 4) is 0 Å². The average molecular weight is 740 g/mol. The monoisotopic (exact) mass is 739 g/mol. The zero-order chi connectivity index (χ0) is 27.5. The van der Waals surface area contributed by atoms with Crippen LogP contribution in [-0.4, -0.2) is 86.1 Å². The van der Waals surface area contributed by atoms with Crippen molar-refractivity contribution in [3.63, 3.8) is 0 Å². The largest absolute Gasteiger partial charge is 0.456 e. The first-order valence-corrected chi connectivity index (χ1v) is 12.9. The molecule has 2 fully saturated rings. The van der Waals surface area contributed by atoms with Crippen LogP contribution in [0.25, 0.3) is 0 Å². The molecule has 8 unspecified atom stereocenters. The van der Waals surface area contributed by atoms with E-state index < -0.39 is 82.6 Å². The van der Waals surface area contributed by atoms with Crippen LogP contribution in [0.15, 0.2) is 11.1 Å². The Morgan fingerprint density at radius 2 is 1.73 bits per heavy atom.